The number of carboxylic acids is 1. The molecule has 1 aliphatic rings. The van der Waals surface area contributed by atoms with Crippen molar-refractivity contribution in [2.75, 3.05) is 6.54 Å². The number of aliphatic carboxylic acids is 1. The van der Waals surface area contributed by atoms with E-state index in [0.29, 0.717) is 5.69 Å². The van der Waals surface area contributed by atoms with Crippen molar-refractivity contribution in [1.82, 2.24) is 10.3 Å². The summed E-state index contributed by atoms with van der Waals surface area (Å²) in [6.07, 6.45) is 3.29. The fourth-order valence-corrected chi connectivity index (χ4v) is 5.64. The smallest absolute Gasteiger partial charge is 0.333 e. The molecular formula is C30H36N2O5S. The van der Waals surface area contributed by atoms with Crippen molar-refractivity contribution in [3.63, 3.8) is 0 Å². The highest BCUT2D eigenvalue weighted by Crippen LogP contribution is 2.30. The highest BCUT2D eigenvalue weighted by Gasteiger charge is 2.32. The number of carbonyl (C=O) groups is 2. The summed E-state index contributed by atoms with van der Waals surface area (Å²) in [5, 5.41) is 13.7. The summed E-state index contributed by atoms with van der Waals surface area (Å²) in [6.45, 7) is 7.58. The number of aryl methyl sites for hydroxylation is 2. The molecule has 0 bridgehead atoms. The van der Waals surface area contributed by atoms with Crippen LogP contribution in [0.25, 0.3) is 10.6 Å². The standard InChI is InChI=1S/C30H36N2O5S/c1-18(2)36-27(30(34)35)25(21-13-15-24(16-14-21)37-23-7-5-6-8-23)17-31-28(33)26-20(4)38-29(32-26)22-11-9-19(3)10-12-22/h9-16,18,23,25,27H,5-8,17H2,1-4H3,(H,31,33)(H,34,35). The average molecular weight is 537 g/mol. The maximum Gasteiger partial charge on any atom is 0.333 e. The van der Waals surface area contributed by atoms with Gasteiger partial charge in [-0.3, -0.25) is 4.79 Å². The van der Waals surface area contributed by atoms with Crippen LogP contribution in [-0.2, 0) is 9.53 Å². The van der Waals surface area contributed by atoms with Crippen LogP contribution < -0.4 is 10.1 Å². The van der Waals surface area contributed by atoms with Crippen molar-refractivity contribution >= 4 is 23.2 Å². The first-order valence-corrected chi connectivity index (χ1v) is 14.0. The van der Waals surface area contributed by atoms with Gasteiger partial charge in [0.2, 0.25) is 0 Å². The van der Waals surface area contributed by atoms with E-state index in [9.17, 15) is 14.7 Å². The quantitative estimate of drug-likeness (QED) is 0.306. The summed E-state index contributed by atoms with van der Waals surface area (Å²) in [6, 6.07) is 15.5. The number of ether oxygens (including phenoxy) is 2. The third-order valence-electron chi connectivity index (χ3n) is 6.73. The molecule has 2 aromatic carbocycles. The maximum absolute atomic E-state index is 13.2. The summed E-state index contributed by atoms with van der Waals surface area (Å²) in [4.78, 5) is 30.8. The molecule has 0 radical (unpaired) electrons. The molecule has 1 fully saturated rings. The molecule has 1 heterocycles. The lowest BCUT2D eigenvalue weighted by Gasteiger charge is -2.27. The van der Waals surface area contributed by atoms with Crippen molar-refractivity contribution in [1.29, 1.82) is 0 Å². The number of nitrogens with one attached hydrogen (secondary N) is 1. The zero-order valence-corrected chi connectivity index (χ0v) is 23.2. The topological polar surface area (TPSA) is 97.8 Å². The van der Waals surface area contributed by atoms with Crippen LogP contribution >= 0.6 is 11.3 Å². The van der Waals surface area contributed by atoms with Crippen LogP contribution in [-0.4, -0.2) is 46.8 Å². The van der Waals surface area contributed by atoms with Gasteiger partial charge in [0.25, 0.3) is 5.91 Å². The van der Waals surface area contributed by atoms with Crippen molar-refractivity contribution in [3.8, 4) is 16.3 Å². The van der Waals surface area contributed by atoms with E-state index in [1.165, 1.54) is 24.2 Å². The first kappa shape index (κ1) is 27.8. The lowest BCUT2D eigenvalue weighted by Crippen LogP contribution is -2.40. The molecule has 2 unspecified atom stereocenters. The van der Waals surface area contributed by atoms with E-state index < -0.39 is 18.0 Å². The third-order valence-corrected chi connectivity index (χ3v) is 7.75. The minimum Gasteiger partial charge on any atom is -0.490 e. The fraction of sp³-hybridized carbons (Fsp3) is 0.433. The van der Waals surface area contributed by atoms with Gasteiger partial charge in [-0.15, -0.1) is 11.3 Å². The average Bonchev–Trinajstić information content (AvgIpc) is 3.54. The molecule has 7 nitrogen and oxygen atoms in total. The van der Waals surface area contributed by atoms with Crippen molar-refractivity contribution in [2.45, 2.75) is 77.6 Å². The van der Waals surface area contributed by atoms with Gasteiger partial charge in [0.1, 0.15) is 16.5 Å². The Bertz CT molecular complexity index is 1230. The zero-order chi connectivity index (χ0) is 27.2. The Morgan fingerprint density at radius 1 is 1.05 bits per heavy atom. The Hall–Kier alpha value is -3.23. The molecule has 38 heavy (non-hydrogen) atoms. The number of nitrogens with zero attached hydrogens (tertiary/aromatic N) is 1. The Labute approximate surface area is 228 Å². The number of hydrogen-bond donors (Lipinski definition) is 2. The number of carbonyl (C=O) groups excluding carboxylic acids is 1. The van der Waals surface area contributed by atoms with Gasteiger partial charge in [0.05, 0.1) is 12.2 Å². The summed E-state index contributed by atoms with van der Waals surface area (Å²) in [5.74, 6) is -1.25. The van der Waals surface area contributed by atoms with Crippen LogP contribution in [0.5, 0.6) is 5.75 Å². The summed E-state index contributed by atoms with van der Waals surface area (Å²) in [5.41, 5.74) is 3.21. The number of thiazole rings is 1. The number of benzene rings is 2. The highest BCUT2D eigenvalue weighted by molar-refractivity contribution is 7.15. The highest BCUT2D eigenvalue weighted by atomic mass is 32.1. The molecule has 0 aliphatic heterocycles. The molecule has 8 heteroatoms. The number of hydrogen-bond acceptors (Lipinski definition) is 6. The lowest BCUT2D eigenvalue weighted by molar-refractivity contribution is -0.155. The van der Waals surface area contributed by atoms with Crippen molar-refractivity contribution in [2.24, 2.45) is 0 Å². The molecule has 4 rings (SSSR count). The second-order valence-electron chi connectivity index (χ2n) is 10.1. The summed E-state index contributed by atoms with van der Waals surface area (Å²) in [7, 11) is 0. The SMILES string of the molecule is Cc1ccc(-c2nc(C(=O)NCC(c3ccc(OC4CCCC4)cc3)C(OC(C)C)C(=O)O)c(C)s2)cc1. The molecule has 202 valence electrons. The van der Waals surface area contributed by atoms with Gasteiger partial charge in [0.15, 0.2) is 6.10 Å². The summed E-state index contributed by atoms with van der Waals surface area (Å²) < 4.78 is 11.9. The van der Waals surface area contributed by atoms with Gasteiger partial charge in [0, 0.05) is 22.9 Å². The Balaban J connectivity index is 1.52. The number of amides is 1. The molecule has 1 amide bonds. The normalized spacial score (nSPS) is 15.4. The van der Waals surface area contributed by atoms with Gasteiger partial charge in [-0.05, 0) is 71.1 Å². The van der Waals surface area contributed by atoms with E-state index in [1.807, 2.05) is 62.4 Å². The first-order valence-electron chi connectivity index (χ1n) is 13.2. The van der Waals surface area contributed by atoms with Crippen molar-refractivity contribution in [3.05, 3.63) is 70.2 Å². The van der Waals surface area contributed by atoms with Crippen LogP contribution in [0.3, 0.4) is 0 Å². The molecular weight excluding hydrogens is 500 g/mol. The van der Waals surface area contributed by atoms with E-state index in [1.54, 1.807) is 13.8 Å². The minimum absolute atomic E-state index is 0.0855. The fourth-order valence-electron chi connectivity index (χ4n) is 4.72. The molecule has 0 spiro atoms. The zero-order valence-electron chi connectivity index (χ0n) is 22.4. The Morgan fingerprint density at radius 3 is 2.32 bits per heavy atom. The molecule has 2 N–H and O–H groups in total. The monoisotopic (exact) mass is 536 g/mol. The largest absolute Gasteiger partial charge is 0.490 e. The number of rotatable bonds is 11. The first-order chi connectivity index (χ1) is 18.2. The maximum atomic E-state index is 13.2. The molecule has 1 aromatic heterocycles. The Morgan fingerprint density at radius 2 is 1.71 bits per heavy atom. The predicted molar refractivity (Wildman–Crippen MR) is 149 cm³/mol. The number of carboxylic acid groups (broad SMARTS) is 1. The van der Waals surface area contributed by atoms with Gasteiger partial charge in [-0.2, -0.15) is 0 Å². The number of aromatic nitrogens is 1. The van der Waals surface area contributed by atoms with Gasteiger partial charge in [-0.25, -0.2) is 9.78 Å². The second kappa shape index (κ2) is 12.5. The molecule has 3 aromatic rings. The lowest BCUT2D eigenvalue weighted by atomic mass is 9.92. The van der Waals surface area contributed by atoms with Gasteiger partial charge in [-0.1, -0.05) is 42.0 Å². The second-order valence-corrected chi connectivity index (χ2v) is 11.3. The van der Waals surface area contributed by atoms with Gasteiger partial charge >= 0.3 is 5.97 Å². The Kier molecular flexibility index (Phi) is 9.17. The minimum atomic E-state index is -1.13. The third kappa shape index (κ3) is 6.99. The van der Waals surface area contributed by atoms with E-state index in [4.69, 9.17) is 9.47 Å². The molecule has 0 saturated heterocycles. The molecule has 1 saturated carbocycles. The molecule has 1 aliphatic carbocycles. The van der Waals surface area contributed by atoms with E-state index in [0.717, 1.165) is 45.2 Å². The van der Waals surface area contributed by atoms with Crippen LogP contribution in [0, 0.1) is 13.8 Å². The van der Waals surface area contributed by atoms with Crippen LogP contribution in [0.15, 0.2) is 48.5 Å². The predicted octanol–water partition coefficient (Wildman–Crippen LogP) is 6.14. The molecule has 2 atom stereocenters. The van der Waals surface area contributed by atoms with Crippen LogP contribution in [0.4, 0.5) is 0 Å². The van der Waals surface area contributed by atoms with Crippen molar-refractivity contribution < 1.29 is 24.2 Å². The van der Waals surface area contributed by atoms with E-state index in [2.05, 4.69) is 10.3 Å². The van der Waals surface area contributed by atoms with E-state index in [-0.39, 0.29) is 24.7 Å². The van der Waals surface area contributed by atoms with Gasteiger partial charge < -0.3 is 19.9 Å². The van der Waals surface area contributed by atoms with E-state index >= 15 is 0 Å². The summed E-state index contributed by atoms with van der Waals surface area (Å²) >= 11 is 1.46. The van der Waals surface area contributed by atoms with Crippen LogP contribution in [0.2, 0.25) is 0 Å². The van der Waals surface area contributed by atoms with Crippen LogP contribution in [0.1, 0.15) is 71.9 Å².